The molecule has 4 heterocycles. The van der Waals surface area contributed by atoms with Gasteiger partial charge in [-0.3, -0.25) is 9.59 Å². The Bertz CT molecular complexity index is 1240. The molecular formula is C26H31N7O2S. The summed E-state index contributed by atoms with van der Waals surface area (Å²) in [5.74, 6) is 0.738. The molecule has 0 bridgehead atoms. The number of carbonyl (C=O) groups is 2. The summed E-state index contributed by atoms with van der Waals surface area (Å²) in [7, 11) is 0. The number of carbonyl (C=O) groups excluding carboxylic acids is 2. The number of anilines is 4. The number of benzene rings is 1. The van der Waals surface area contributed by atoms with Gasteiger partial charge in [0.15, 0.2) is 17.3 Å². The number of aryl methyl sites for hydroxylation is 1. The highest BCUT2D eigenvalue weighted by Crippen LogP contribution is 2.29. The first-order valence-electron chi connectivity index (χ1n) is 12.5. The smallest absolute Gasteiger partial charge is 0.271 e. The largest absolute Gasteiger partial charge is 0.372 e. The van der Waals surface area contributed by atoms with Gasteiger partial charge in [0.05, 0.1) is 11.9 Å². The van der Waals surface area contributed by atoms with Crippen LogP contribution in [0.2, 0.25) is 0 Å². The minimum absolute atomic E-state index is 0.0888. The summed E-state index contributed by atoms with van der Waals surface area (Å²) < 4.78 is 4.26. The number of nitrogens with zero attached hydrogens (tertiary/aromatic N) is 5. The normalized spacial score (nSPS) is 17.9. The van der Waals surface area contributed by atoms with Crippen molar-refractivity contribution in [2.75, 3.05) is 41.3 Å². The van der Waals surface area contributed by atoms with Crippen LogP contribution in [-0.2, 0) is 0 Å². The molecule has 0 aliphatic carbocycles. The van der Waals surface area contributed by atoms with Crippen LogP contribution in [0.15, 0.2) is 36.5 Å². The molecule has 0 saturated carbocycles. The van der Waals surface area contributed by atoms with Crippen LogP contribution >= 0.6 is 11.5 Å². The van der Waals surface area contributed by atoms with Gasteiger partial charge in [-0.25, -0.2) is 9.97 Å². The van der Waals surface area contributed by atoms with Gasteiger partial charge in [-0.05, 0) is 80.4 Å². The molecule has 5 rings (SSSR count). The monoisotopic (exact) mass is 505 g/mol. The summed E-state index contributed by atoms with van der Waals surface area (Å²) in [5, 5.41) is 3.90. The van der Waals surface area contributed by atoms with Gasteiger partial charge in [-0.15, -0.1) is 0 Å². The van der Waals surface area contributed by atoms with Gasteiger partial charge in [0, 0.05) is 43.9 Å². The van der Waals surface area contributed by atoms with E-state index in [1.165, 1.54) is 30.1 Å². The van der Waals surface area contributed by atoms with Crippen molar-refractivity contribution in [2.24, 2.45) is 11.7 Å². The van der Waals surface area contributed by atoms with E-state index >= 15 is 0 Å². The SMILES string of the molecule is Cc1cc(Nc2nc(N3CCC[C@@H](CC(=O)c4ccc(N5CCCC5)cc4)C3)cnc2C(N)=O)sn1. The number of primary amides is 1. The van der Waals surface area contributed by atoms with Crippen LogP contribution in [0.1, 0.15) is 58.6 Å². The Labute approximate surface area is 214 Å². The molecule has 2 aliphatic rings. The third-order valence-corrected chi connectivity index (χ3v) is 7.64. The highest BCUT2D eigenvalue weighted by Gasteiger charge is 2.25. The second-order valence-electron chi connectivity index (χ2n) is 9.57. The van der Waals surface area contributed by atoms with Crippen LogP contribution in [0.3, 0.4) is 0 Å². The highest BCUT2D eigenvalue weighted by molar-refractivity contribution is 7.10. The first-order valence-corrected chi connectivity index (χ1v) is 13.2. The number of Topliss-reactive ketones (excluding diaryl/α,β-unsaturated/α-hetero) is 1. The number of hydrogen-bond donors (Lipinski definition) is 2. The number of aromatic nitrogens is 3. The molecule has 2 aliphatic heterocycles. The van der Waals surface area contributed by atoms with Crippen molar-refractivity contribution < 1.29 is 9.59 Å². The Morgan fingerprint density at radius 3 is 2.56 bits per heavy atom. The second-order valence-corrected chi connectivity index (χ2v) is 10.4. The van der Waals surface area contributed by atoms with E-state index in [2.05, 4.69) is 41.6 Å². The van der Waals surface area contributed by atoms with Crippen molar-refractivity contribution in [1.29, 1.82) is 0 Å². The summed E-state index contributed by atoms with van der Waals surface area (Å²) >= 11 is 1.28. The van der Waals surface area contributed by atoms with E-state index in [1.54, 1.807) is 6.20 Å². The molecular weight excluding hydrogens is 474 g/mol. The summed E-state index contributed by atoms with van der Waals surface area (Å²) in [5.41, 5.74) is 8.46. The maximum Gasteiger partial charge on any atom is 0.271 e. The van der Waals surface area contributed by atoms with Crippen LogP contribution in [0.25, 0.3) is 0 Å². The predicted molar refractivity (Wildman–Crippen MR) is 142 cm³/mol. The minimum Gasteiger partial charge on any atom is -0.372 e. The Hall–Kier alpha value is -3.53. The molecule has 3 aromatic rings. The zero-order valence-corrected chi connectivity index (χ0v) is 21.3. The van der Waals surface area contributed by atoms with Crippen LogP contribution in [-0.4, -0.2) is 52.2 Å². The van der Waals surface area contributed by atoms with E-state index < -0.39 is 5.91 Å². The topological polar surface area (TPSA) is 117 Å². The van der Waals surface area contributed by atoms with Gasteiger partial charge < -0.3 is 20.9 Å². The van der Waals surface area contributed by atoms with E-state index in [4.69, 9.17) is 5.73 Å². The third kappa shape index (κ3) is 5.48. The van der Waals surface area contributed by atoms with Gasteiger partial charge in [0.2, 0.25) is 0 Å². The molecule has 2 aromatic heterocycles. The van der Waals surface area contributed by atoms with Crippen molar-refractivity contribution in [3.63, 3.8) is 0 Å². The summed E-state index contributed by atoms with van der Waals surface area (Å²) in [6.07, 6.45) is 6.50. The standard InChI is InChI=1S/C26H31N7O2S/c1-17-13-23(36-31-17)30-26-24(25(27)35)28-15-22(29-26)33-12-4-5-18(16-33)14-21(34)19-6-8-20(9-7-19)32-10-2-3-11-32/h6-9,13,15,18H,2-5,10-12,14,16H2,1H3,(H2,27,35)(H,29,30)/t18-/m0/s1. The number of ketones is 1. The van der Waals surface area contributed by atoms with Gasteiger partial charge in [0.25, 0.3) is 5.91 Å². The van der Waals surface area contributed by atoms with Crippen LogP contribution in [0.4, 0.5) is 22.3 Å². The average Bonchev–Trinajstić information content (AvgIpc) is 3.56. The van der Waals surface area contributed by atoms with E-state index in [0.29, 0.717) is 24.6 Å². The zero-order valence-electron chi connectivity index (χ0n) is 20.4. The summed E-state index contributed by atoms with van der Waals surface area (Å²) in [6.45, 7) is 5.61. The molecule has 2 fully saturated rings. The van der Waals surface area contributed by atoms with Crippen molar-refractivity contribution in [1.82, 2.24) is 14.3 Å². The van der Waals surface area contributed by atoms with Crippen molar-refractivity contribution >= 4 is 45.5 Å². The van der Waals surface area contributed by atoms with Crippen molar-refractivity contribution in [3.8, 4) is 0 Å². The van der Waals surface area contributed by atoms with Crippen LogP contribution in [0.5, 0.6) is 0 Å². The fourth-order valence-electron chi connectivity index (χ4n) is 4.99. The number of piperidine rings is 1. The Morgan fingerprint density at radius 2 is 1.86 bits per heavy atom. The average molecular weight is 506 g/mol. The second kappa shape index (κ2) is 10.6. The molecule has 36 heavy (non-hydrogen) atoms. The summed E-state index contributed by atoms with van der Waals surface area (Å²) in [6, 6.07) is 9.94. The maximum atomic E-state index is 13.0. The molecule has 1 aromatic carbocycles. The Kier molecular flexibility index (Phi) is 7.13. The lowest BCUT2D eigenvalue weighted by Gasteiger charge is -2.33. The van der Waals surface area contributed by atoms with Gasteiger partial charge in [-0.2, -0.15) is 4.37 Å². The van der Waals surface area contributed by atoms with Crippen LogP contribution < -0.4 is 20.9 Å². The van der Waals surface area contributed by atoms with E-state index in [9.17, 15) is 9.59 Å². The zero-order chi connectivity index (χ0) is 25.1. The number of nitrogens with one attached hydrogen (secondary N) is 1. The molecule has 0 unspecified atom stereocenters. The lowest BCUT2D eigenvalue weighted by atomic mass is 9.91. The quantitative estimate of drug-likeness (QED) is 0.438. The molecule has 9 nitrogen and oxygen atoms in total. The molecule has 1 amide bonds. The lowest BCUT2D eigenvalue weighted by Crippen LogP contribution is -2.37. The number of rotatable bonds is 8. The molecule has 2 saturated heterocycles. The lowest BCUT2D eigenvalue weighted by molar-refractivity contribution is 0.0954. The van der Waals surface area contributed by atoms with Crippen molar-refractivity contribution in [2.45, 2.75) is 39.0 Å². The van der Waals surface area contributed by atoms with E-state index in [0.717, 1.165) is 48.7 Å². The molecule has 10 heteroatoms. The molecule has 1 atom stereocenters. The molecule has 3 N–H and O–H groups in total. The van der Waals surface area contributed by atoms with Gasteiger partial charge in [0.1, 0.15) is 10.8 Å². The Morgan fingerprint density at radius 1 is 1.11 bits per heavy atom. The maximum absolute atomic E-state index is 13.0. The van der Waals surface area contributed by atoms with E-state index in [1.807, 2.05) is 25.1 Å². The van der Waals surface area contributed by atoms with Crippen LogP contribution in [0, 0.1) is 12.8 Å². The van der Waals surface area contributed by atoms with Gasteiger partial charge in [-0.1, -0.05) is 0 Å². The first-order chi connectivity index (χ1) is 17.5. The number of nitrogens with two attached hydrogens (primary N) is 1. The number of hydrogen-bond acceptors (Lipinski definition) is 9. The van der Waals surface area contributed by atoms with E-state index in [-0.39, 0.29) is 17.4 Å². The highest BCUT2D eigenvalue weighted by atomic mass is 32.1. The minimum atomic E-state index is -0.643. The molecule has 0 spiro atoms. The molecule has 0 radical (unpaired) electrons. The predicted octanol–water partition coefficient (Wildman–Crippen LogP) is 4.17. The van der Waals surface area contributed by atoms with Gasteiger partial charge >= 0.3 is 0 Å². The number of amides is 1. The fourth-order valence-corrected chi connectivity index (χ4v) is 5.65. The fraction of sp³-hybridized carbons (Fsp3) is 0.423. The first kappa shape index (κ1) is 24.2. The third-order valence-electron chi connectivity index (χ3n) is 6.84. The molecule has 188 valence electrons. The Balaban J connectivity index is 1.26. The van der Waals surface area contributed by atoms with Crippen molar-refractivity contribution in [3.05, 3.63) is 53.5 Å². The summed E-state index contributed by atoms with van der Waals surface area (Å²) in [4.78, 5) is 38.5.